The van der Waals surface area contributed by atoms with E-state index in [9.17, 15) is 0 Å². The van der Waals surface area contributed by atoms with E-state index in [1.807, 2.05) is 13.0 Å². The number of rotatable bonds is 6. The zero-order valence-corrected chi connectivity index (χ0v) is 12.4. The first-order valence-corrected chi connectivity index (χ1v) is 7.31. The highest BCUT2D eigenvalue weighted by molar-refractivity contribution is 5.48. The second kappa shape index (κ2) is 6.18. The zero-order chi connectivity index (χ0) is 14.7. The first-order valence-electron chi connectivity index (χ1n) is 7.31. The van der Waals surface area contributed by atoms with Crippen molar-refractivity contribution >= 4 is 0 Å². The monoisotopic (exact) mass is 288 g/mol. The third-order valence-corrected chi connectivity index (χ3v) is 3.48. The highest BCUT2D eigenvalue weighted by atomic mass is 16.5. The number of hydrogen-bond donors (Lipinski definition) is 1. The maximum Gasteiger partial charge on any atom is 0.150 e. The van der Waals surface area contributed by atoms with E-state index in [2.05, 4.69) is 29.5 Å². The third kappa shape index (κ3) is 3.19. The molecule has 1 aliphatic heterocycles. The van der Waals surface area contributed by atoms with Crippen LogP contribution in [0.2, 0.25) is 0 Å². The largest absolute Gasteiger partial charge is 0.494 e. The van der Waals surface area contributed by atoms with Gasteiger partial charge in [0.05, 0.1) is 19.3 Å². The number of ether oxygens (including phenoxy) is 2. The van der Waals surface area contributed by atoms with Crippen LogP contribution in [-0.2, 0) is 19.5 Å². The van der Waals surface area contributed by atoms with Crippen molar-refractivity contribution in [3.05, 3.63) is 41.3 Å². The number of fused-ring (bicyclic) bond motifs is 1. The average Bonchev–Trinajstić information content (AvgIpc) is 3.07. The molecule has 2 heterocycles. The Morgan fingerprint density at radius 2 is 2.29 bits per heavy atom. The molecule has 0 saturated heterocycles. The SMILES string of the molecule is CCOc1cc2c(cc1CNCc1ccno1)OC(C)C2. The van der Waals surface area contributed by atoms with Gasteiger partial charge in [-0.1, -0.05) is 5.16 Å². The minimum atomic E-state index is 0.242. The predicted molar refractivity (Wildman–Crippen MR) is 78.5 cm³/mol. The van der Waals surface area contributed by atoms with Crippen molar-refractivity contribution in [3.8, 4) is 11.5 Å². The topological polar surface area (TPSA) is 56.5 Å². The van der Waals surface area contributed by atoms with Crippen LogP contribution < -0.4 is 14.8 Å². The lowest BCUT2D eigenvalue weighted by Crippen LogP contribution is -2.13. The van der Waals surface area contributed by atoms with Crippen molar-refractivity contribution in [2.45, 2.75) is 39.5 Å². The molecule has 0 radical (unpaired) electrons. The van der Waals surface area contributed by atoms with Crippen LogP contribution in [0.25, 0.3) is 0 Å². The molecule has 0 aliphatic carbocycles. The molecule has 1 aromatic carbocycles. The summed E-state index contributed by atoms with van der Waals surface area (Å²) in [6.45, 7) is 6.07. The number of nitrogens with one attached hydrogen (secondary N) is 1. The van der Waals surface area contributed by atoms with E-state index in [-0.39, 0.29) is 6.10 Å². The van der Waals surface area contributed by atoms with Crippen LogP contribution in [0.15, 0.2) is 28.9 Å². The summed E-state index contributed by atoms with van der Waals surface area (Å²) in [4.78, 5) is 0. The van der Waals surface area contributed by atoms with Gasteiger partial charge in [0.2, 0.25) is 0 Å². The highest BCUT2D eigenvalue weighted by Crippen LogP contribution is 2.35. The van der Waals surface area contributed by atoms with Crippen LogP contribution in [0.4, 0.5) is 0 Å². The van der Waals surface area contributed by atoms with Crippen LogP contribution in [-0.4, -0.2) is 17.9 Å². The van der Waals surface area contributed by atoms with Crippen LogP contribution in [0.3, 0.4) is 0 Å². The molecule has 0 fully saturated rings. The van der Waals surface area contributed by atoms with E-state index < -0.39 is 0 Å². The summed E-state index contributed by atoms with van der Waals surface area (Å²) in [6.07, 6.45) is 2.83. The molecule has 1 aromatic heterocycles. The van der Waals surface area contributed by atoms with Gasteiger partial charge in [0.25, 0.3) is 0 Å². The molecular formula is C16H20N2O3. The fourth-order valence-electron chi connectivity index (χ4n) is 2.56. The van der Waals surface area contributed by atoms with Crippen molar-refractivity contribution in [1.82, 2.24) is 10.5 Å². The summed E-state index contributed by atoms with van der Waals surface area (Å²) < 4.78 is 16.6. The maximum atomic E-state index is 5.82. The molecule has 5 heteroatoms. The van der Waals surface area contributed by atoms with E-state index >= 15 is 0 Å². The minimum Gasteiger partial charge on any atom is -0.494 e. The molecule has 0 saturated carbocycles. The summed E-state index contributed by atoms with van der Waals surface area (Å²) in [6, 6.07) is 6.04. The summed E-state index contributed by atoms with van der Waals surface area (Å²) in [7, 11) is 0. The third-order valence-electron chi connectivity index (χ3n) is 3.48. The molecule has 1 atom stereocenters. The molecule has 21 heavy (non-hydrogen) atoms. The fraction of sp³-hybridized carbons (Fsp3) is 0.438. The van der Waals surface area contributed by atoms with Crippen molar-refractivity contribution in [1.29, 1.82) is 0 Å². The van der Waals surface area contributed by atoms with Crippen molar-refractivity contribution in [3.63, 3.8) is 0 Å². The van der Waals surface area contributed by atoms with Crippen LogP contribution in [0.1, 0.15) is 30.7 Å². The number of benzene rings is 1. The minimum absolute atomic E-state index is 0.242. The average molecular weight is 288 g/mol. The molecule has 1 aliphatic rings. The van der Waals surface area contributed by atoms with Gasteiger partial charge in [0.1, 0.15) is 23.4 Å². The normalized spacial score (nSPS) is 16.6. The molecule has 0 bridgehead atoms. The van der Waals surface area contributed by atoms with Gasteiger partial charge in [-0.3, -0.25) is 0 Å². The lowest BCUT2D eigenvalue weighted by atomic mass is 10.1. The van der Waals surface area contributed by atoms with Gasteiger partial charge < -0.3 is 19.3 Å². The van der Waals surface area contributed by atoms with E-state index in [4.69, 9.17) is 14.0 Å². The number of nitrogens with zero attached hydrogens (tertiary/aromatic N) is 1. The molecule has 1 unspecified atom stereocenters. The Bertz CT molecular complexity index is 596. The van der Waals surface area contributed by atoms with Crippen molar-refractivity contribution in [2.75, 3.05) is 6.61 Å². The standard InChI is InChI=1S/C16H20N2O3/c1-3-19-15-7-12-6-11(2)20-16(12)8-13(15)9-17-10-14-4-5-18-21-14/h4-5,7-8,11,17H,3,6,9-10H2,1-2H3. The van der Waals surface area contributed by atoms with Crippen LogP contribution in [0, 0.1) is 0 Å². The van der Waals surface area contributed by atoms with Gasteiger partial charge >= 0.3 is 0 Å². The Morgan fingerprint density at radius 3 is 3.05 bits per heavy atom. The van der Waals surface area contributed by atoms with E-state index in [0.29, 0.717) is 19.7 Å². The van der Waals surface area contributed by atoms with E-state index in [1.54, 1.807) is 6.20 Å². The summed E-state index contributed by atoms with van der Waals surface area (Å²) in [5.74, 6) is 2.72. The second-order valence-electron chi connectivity index (χ2n) is 5.22. The van der Waals surface area contributed by atoms with Gasteiger partial charge in [-0.15, -0.1) is 0 Å². The van der Waals surface area contributed by atoms with Gasteiger partial charge in [0, 0.05) is 30.2 Å². The molecule has 1 N–H and O–H groups in total. The molecule has 0 spiro atoms. The van der Waals surface area contributed by atoms with Gasteiger partial charge in [-0.25, -0.2) is 0 Å². The molecule has 112 valence electrons. The summed E-state index contributed by atoms with van der Waals surface area (Å²) in [5.41, 5.74) is 2.33. The Kier molecular flexibility index (Phi) is 4.10. The van der Waals surface area contributed by atoms with Crippen molar-refractivity contribution in [2.24, 2.45) is 0 Å². The summed E-state index contributed by atoms with van der Waals surface area (Å²) >= 11 is 0. The fourth-order valence-corrected chi connectivity index (χ4v) is 2.56. The zero-order valence-electron chi connectivity index (χ0n) is 12.4. The number of aromatic nitrogens is 1. The molecule has 2 aromatic rings. The second-order valence-corrected chi connectivity index (χ2v) is 5.22. The summed E-state index contributed by atoms with van der Waals surface area (Å²) in [5, 5.41) is 7.03. The van der Waals surface area contributed by atoms with Crippen LogP contribution in [0.5, 0.6) is 11.5 Å². The van der Waals surface area contributed by atoms with E-state index in [0.717, 1.165) is 29.2 Å². The Hall–Kier alpha value is -2.01. The highest BCUT2D eigenvalue weighted by Gasteiger charge is 2.21. The van der Waals surface area contributed by atoms with Gasteiger partial charge in [-0.2, -0.15) is 0 Å². The maximum absolute atomic E-state index is 5.82. The Balaban J connectivity index is 1.72. The molecule has 0 amide bonds. The Labute approximate surface area is 124 Å². The van der Waals surface area contributed by atoms with Gasteiger partial charge in [0.15, 0.2) is 0 Å². The molecule has 3 rings (SSSR count). The Morgan fingerprint density at radius 1 is 1.38 bits per heavy atom. The van der Waals surface area contributed by atoms with E-state index in [1.165, 1.54) is 5.56 Å². The molecule has 5 nitrogen and oxygen atoms in total. The lowest BCUT2D eigenvalue weighted by Gasteiger charge is -2.13. The first kappa shape index (κ1) is 13.9. The van der Waals surface area contributed by atoms with Crippen molar-refractivity contribution < 1.29 is 14.0 Å². The van der Waals surface area contributed by atoms with Gasteiger partial charge in [-0.05, 0) is 26.0 Å². The first-order chi connectivity index (χ1) is 10.3. The van der Waals surface area contributed by atoms with Crippen LogP contribution >= 0.6 is 0 Å². The molecular weight excluding hydrogens is 268 g/mol. The predicted octanol–water partition coefficient (Wildman–Crippen LogP) is 2.69. The lowest BCUT2D eigenvalue weighted by molar-refractivity contribution is 0.254. The number of hydrogen-bond acceptors (Lipinski definition) is 5. The smallest absolute Gasteiger partial charge is 0.150 e. The quantitative estimate of drug-likeness (QED) is 0.885.